The number of nitrogens with one attached hydrogen (secondary N) is 1. The van der Waals surface area contributed by atoms with Crippen LogP contribution in [-0.4, -0.2) is 25.7 Å². The molecule has 162 valence electrons. The first-order valence-electron chi connectivity index (χ1n) is 10.4. The SMILES string of the molecule is Cc1cc(C)nc(-n2nc(C)c(CC(=O)Nc3ccccc3Sc3ccccc3)c2C)n1. The summed E-state index contributed by atoms with van der Waals surface area (Å²) < 4.78 is 1.72. The largest absolute Gasteiger partial charge is 0.325 e. The summed E-state index contributed by atoms with van der Waals surface area (Å²) in [6, 6.07) is 19.9. The van der Waals surface area contributed by atoms with Gasteiger partial charge in [-0.1, -0.05) is 42.1 Å². The van der Waals surface area contributed by atoms with Crippen LogP contribution in [0.3, 0.4) is 0 Å². The predicted octanol–water partition coefficient (Wildman–Crippen LogP) is 5.23. The van der Waals surface area contributed by atoms with Crippen molar-refractivity contribution in [3.05, 3.63) is 89.0 Å². The molecule has 0 radical (unpaired) electrons. The summed E-state index contributed by atoms with van der Waals surface area (Å²) in [5, 5.41) is 7.68. The second-order valence-electron chi connectivity index (χ2n) is 7.65. The van der Waals surface area contributed by atoms with E-state index in [1.165, 1.54) is 0 Å². The number of carbonyl (C=O) groups excluding carboxylic acids is 1. The number of benzene rings is 2. The lowest BCUT2D eigenvalue weighted by Gasteiger charge is -2.11. The molecule has 0 aliphatic rings. The van der Waals surface area contributed by atoms with E-state index in [4.69, 9.17) is 0 Å². The number of amides is 1. The van der Waals surface area contributed by atoms with Gasteiger partial charge in [0.2, 0.25) is 5.91 Å². The third-order valence-corrected chi connectivity index (χ3v) is 6.15. The van der Waals surface area contributed by atoms with E-state index in [9.17, 15) is 4.79 Å². The van der Waals surface area contributed by atoms with E-state index in [1.807, 2.05) is 76.2 Å². The Bertz CT molecular complexity index is 1250. The van der Waals surface area contributed by atoms with E-state index in [2.05, 4.69) is 32.5 Å². The lowest BCUT2D eigenvalue weighted by molar-refractivity contribution is -0.115. The molecule has 4 aromatic rings. The van der Waals surface area contributed by atoms with Gasteiger partial charge in [0.25, 0.3) is 5.95 Å². The van der Waals surface area contributed by atoms with E-state index < -0.39 is 0 Å². The maximum absolute atomic E-state index is 13.0. The van der Waals surface area contributed by atoms with Crippen molar-refractivity contribution in [3.8, 4) is 5.95 Å². The van der Waals surface area contributed by atoms with Crippen LogP contribution < -0.4 is 5.32 Å². The molecule has 0 aliphatic heterocycles. The summed E-state index contributed by atoms with van der Waals surface area (Å²) in [7, 11) is 0. The number of nitrogens with zero attached hydrogens (tertiary/aromatic N) is 4. The first kappa shape index (κ1) is 21.8. The third kappa shape index (κ3) is 4.89. The maximum Gasteiger partial charge on any atom is 0.251 e. The summed E-state index contributed by atoms with van der Waals surface area (Å²) in [6.45, 7) is 7.73. The van der Waals surface area contributed by atoms with Crippen LogP contribution in [0.15, 0.2) is 70.5 Å². The molecule has 0 unspecified atom stereocenters. The van der Waals surface area contributed by atoms with Gasteiger partial charge in [0.15, 0.2) is 0 Å². The quantitative estimate of drug-likeness (QED) is 0.442. The number of aryl methyl sites for hydroxylation is 3. The maximum atomic E-state index is 13.0. The fourth-order valence-electron chi connectivity index (χ4n) is 3.56. The van der Waals surface area contributed by atoms with Crippen LogP contribution in [0.1, 0.15) is 28.3 Å². The Labute approximate surface area is 192 Å². The molecular formula is C25H25N5OS. The van der Waals surface area contributed by atoms with Gasteiger partial charge in [0.1, 0.15) is 0 Å². The van der Waals surface area contributed by atoms with Crippen LogP contribution in [0.2, 0.25) is 0 Å². The van der Waals surface area contributed by atoms with Crippen molar-refractivity contribution >= 4 is 23.4 Å². The topological polar surface area (TPSA) is 72.7 Å². The van der Waals surface area contributed by atoms with Crippen molar-refractivity contribution < 1.29 is 4.79 Å². The first-order chi connectivity index (χ1) is 15.4. The lowest BCUT2D eigenvalue weighted by atomic mass is 10.1. The molecule has 0 aliphatic carbocycles. The Kier molecular flexibility index (Phi) is 6.37. The molecular weight excluding hydrogens is 418 g/mol. The minimum Gasteiger partial charge on any atom is -0.325 e. The second kappa shape index (κ2) is 9.36. The molecule has 2 heterocycles. The molecule has 0 saturated heterocycles. The summed E-state index contributed by atoms with van der Waals surface area (Å²) in [4.78, 5) is 24.1. The minimum atomic E-state index is -0.0850. The Morgan fingerprint density at radius 3 is 2.31 bits per heavy atom. The monoisotopic (exact) mass is 443 g/mol. The third-order valence-electron chi connectivity index (χ3n) is 5.07. The average molecular weight is 444 g/mol. The molecule has 7 heteroatoms. The van der Waals surface area contributed by atoms with Crippen molar-refractivity contribution in [1.29, 1.82) is 0 Å². The van der Waals surface area contributed by atoms with Crippen LogP contribution in [0.4, 0.5) is 5.69 Å². The minimum absolute atomic E-state index is 0.0850. The van der Waals surface area contributed by atoms with Crippen LogP contribution >= 0.6 is 11.8 Å². The zero-order valence-electron chi connectivity index (χ0n) is 18.6. The zero-order chi connectivity index (χ0) is 22.7. The van der Waals surface area contributed by atoms with Crippen molar-refractivity contribution in [2.75, 3.05) is 5.32 Å². The standard InChI is InChI=1S/C25H25N5OS/c1-16-14-17(2)27-25(26-16)30-19(4)21(18(3)29-30)15-24(31)28-22-12-8-9-13-23(22)32-20-10-6-5-7-11-20/h5-14H,15H2,1-4H3,(H,28,31). The van der Waals surface area contributed by atoms with Crippen LogP contribution in [-0.2, 0) is 11.2 Å². The Morgan fingerprint density at radius 1 is 0.938 bits per heavy atom. The van der Waals surface area contributed by atoms with Crippen molar-refractivity contribution in [1.82, 2.24) is 19.7 Å². The fourth-order valence-corrected chi connectivity index (χ4v) is 4.48. The Balaban J connectivity index is 1.54. The van der Waals surface area contributed by atoms with E-state index in [-0.39, 0.29) is 12.3 Å². The molecule has 32 heavy (non-hydrogen) atoms. The molecule has 0 bridgehead atoms. The smallest absolute Gasteiger partial charge is 0.251 e. The van der Waals surface area contributed by atoms with Gasteiger partial charge in [-0.15, -0.1) is 0 Å². The normalized spacial score (nSPS) is 10.9. The van der Waals surface area contributed by atoms with E-state index in [0.717, 1.165) is 43.8 Å². The molecule has 0 atom stereocenters. The first-order valence-corrected chi connectivity index (χ1v) is 11.2. The summed E-state index contributed by atoms with van der Waals surface area (Å²) in [5.41, 5.74) is 5.12. The highest BCUT2D eigenvalue weighted by atomic mass is 32.2. The number of anilines is 1. The number of aromatic nitrogens is 4. The average Bonchev–Trinajstić information content (AvgIpc) is 3.03. The molecule has 0 fully saturated rings. The molecule has 0 saturated carbocycles. The highest BCUT2D eigenvalue weighted by Crippen LogP contribution is 2.33. The molecule has 2 aromatic heterocycles. The number of carbonyl (C=O) groups is 1. The molecule has 4 rings (SSSR count). The number of rotatable bonds is 6. The summed E-state index contributed by atoms with van der Waals surface area (Å²) in [6.07, 6.45) is 0.229. The van der Waals surface area contributed by atoms with E-state index in [1.54, 1.807) is 16.4 Å². The fraction of sp³-hybridized carbons (Fsp3) is 0.200. The van der Waals surface area contributed by atoms with Crippen molar-refractivity contribution in [2.45, 2.75) is 43.9 Å². The second-order valence-corrected chi connectivity index (χ2v) is 8.76. The van der Waals surface area contributed by atoms with Gasteiger partial charge >= 0.3 is 0 Å². The highest BCUT2D eigenvalue weighted by Gasteiger charge is 2.18. The molecule has 2 aromatic carbocycles. The van der Waals surface area contributed by atoms with E-state index >= 15 is 0 Å². The molecule has 0 spiro atoms. The van der Waals surface area contributed by atoms with E-state index in [0.29, 0.717) is 5.95 Å². The number of hydrogen-bond donors (Lipinski definition) is 1. The van der Waals surface area contributed by atoms with Gasteiger partial charge in [-0.25, -0.2) is 14.6 Å². The van der Waals surface area contributed by atoms with Gasteiger partial charge in [-0.2, -0.15) is 5.10 Å². The van der Waals surface area contributed by atoms with Gasteiger partial charge in [0, 0.05) is 32.4 Å². The highest BCUT2D eigenvalue weighted by molar-refractivity contribution is 7.99. The summed E-state index contributed by atoms with van der Waals surface area (Å²) >= 11 is 1.63. The molecule has 6 nitrogen and oxygen atoms in total. The predicted molar refractivity (Wildman–Crippen MR) is 127 cm³/mol. The number of para-hydroxylation sites is 1. The zero-order valence-corrected chi connectivity index (χ0v) is 19.4. The van der Waals surface area contributed by atoms with Gasteiger partial charge in [0.05, 0.1) is 17.8 Å². The Morgan fingerprint density at radius 2 is 1.59 bits per heavy atom. The van der Waals surface area contributed by atoms with Crippen LogP contribution in [0.5, 0.6) is 0 Å². The molecule has 1 N–H and O–H groups in total. The van der Waals surface area contributed by atoms with Crippen LogP contribution in [0.25, 0.3) is 5.95 Å². The molecule has 1 amide bonds. The van der Waals surface area contributed by atoms with Gasteiger partial charge in [-0.05, 0) is 58.0 Å². The van der Waals surface area contributed by atoms with Crippen LogP contribution in [0, 0.1) is 27.7 Å². The summed E-state index contributed by atoms with van der Waals surface area (Å²) in [5.74, 6) is 0.442. The van der Waals surface area contributed by atoms with Crippen molar-refractivity contribution in [3.63, 3.8) is 0 Å². The van der Waals surface area contributed by atoms with Gasteiger partial charge in [-0.3, -0.25) is 4.79 Å². The Hall–Kier alpha value is -3.45. The number of hydrogen-bond acceptors (Lipinski definition) is 5. The lowest BCUT2D eigenvalue weighted by Crippen LogP contribution is -2.16. The van der Waals surface area contributed by atoms with Gasteiger partial charge < -0.3 is 5.32 Å². The van der Waals surface area contributed by atoms with Crippen molar-refractivity contribution in [2.24, 2.45) is 0 Å².